The Hall–Kier alpha value is -3.58. The first-order valence-corrected chi connectivity index (χ1v) is 10.9. The first-order valence-electron chi connectivity index (χ1n) is 10.9. The molecule has 0 spiro atoms. The number of aromatic nitrogens is 1. The minimum atomic E-state index is -0.709. The molecule has 1 aliphatic rings. The van der Waals surface area contributed by atoms with Gasteiger partial charge in [-0.05, 0) is 50.1 Å². The molecule has 2 aromatic carbocycles. The van der Waals surface area contributed by atoms with Crippen molar-refractivity contribution in [1.82, 2.24) is 9.88 Å². The first kappa shape index (κ1) is 22.6. The average Bonchev–Trinajstić information content (AvgIpc) is 3.26. The van der Waals surface area contributed by atoms with E-state index >= 15 is 0 Å². The summed E-state index contributed by atoms with van der Waals surface area (Å²) in [6.45, 7) is 4.54. The van der Waals surface area contributed by atoms with Crippen LogP contribution in [0.2, 0.25) is 0 Å². The van der Waals surface area contributed by atoms with Crippen LogP contribution in [0.5, 0.6) is 5.75 Å². The van der Waals surface area contributed by atoms with Crippen molar-refractivity contribution in [2.45, 2.75) is 26.3 Å². The Morgan fingerprint density at radius 3 is 2.58 bits per heavy atom. The van der Waals surface area contributed by atoms with E-state index in [2.05, 4.69) is 4.98 Å². The van der Waals surface area contributed by atoms with Gasteiger partial charge in [0.2, 0.25) is 0 Å². The fourth-order valence-electron chi connectivity index (χ4n) is 4.61. The number of likely N-dealkylation sites (tertiary alicyclic amines) is 1. The summed E-state index contributed by atoms with van der Waals surface area (Å²) >= 11 is 0. The maximum Gasteiger partial charge on any atom is 0.295 e. The molecule has 1 aliphatic heterocycles. The van der Waals surface area contributed by atoms with E-state index in [1.807, 2.05) is 38.1 Å². The lowest BCUT2D eigenvalue weighted by Gasteiger charge is -2.25. The van der Waals surface area contributed by atoms with Crippen LogP contribution in [0.25, 0.3) is 16.7 Å². The number of ketones is 1. The van der Waals surface area contributed by atoms with Crippen LogP contribution in [0.15, 0.2) is 48.0 Å². The number of hydrogen-bond donors (Lipinski definition) is 2. The number of H-pyrrole nitrogens is 1. The van der Waals surface area contributed by atoms with E-state index in [0.717, 1.165) is 27.7 Å². The number of aryl methyl sites for hydroxylation is 2. The molecule has 0 radical (unpaired) electrons. The molecule has 7 nitrogen and oxygen atoms in total. The summed E-state index contributed by atoms with van der Waals surface area (Å²) in [5.41, 5.74) is 3.90. The monoisotopic (exact) mass is 448 g/mol. The molecule has 172 valence electrons. The van der Waals surface area contributed by atoms with Crippen LogP contribution in [0.3, 0.4) is 0 Å². The highest BCUT2D eigenvalue weighted by Gasteiger charge is 2.47. The Kier molecular flexibility index (Phi) is 6.24. The Bertz CT molecular complexity index is 1260. The summed E-state index contributed by atoms with van der Waals surface area (Å²) in [5, 5.41) is 12.3. The predicted octanol–water partition coefficient (Wildman–Crippen LogP) is 4.25. The molecular formula is C26H28N2O5. The fraction of sp³-hybridized carbons (Fsp3) is 0.308. The number of Topliss-reactive ketones (excluding diaryl/α,β-unsaturated/α-hetero) is 1. The van der Waals surface area contributed by atoms with Crippen molar-refractivity contribution in [1.29, 1.82) is 0 Å². The zero-order chi connectivity index (χ0) is 23.7. The summed E-state index contributed by atoms with van der Waals surface area (Å²) in [7, 11) is 3.17. The number of nitrogens with one attached hydrogen (secondary N) is 1. The van der Waals surface area contributed by atoms with E-state index < -0.39 is 17.7 Å². The molecule has 1 aromatic heterocycles. The van der Waals surface area contributed by atoms with Crippen LogP contribution in [-0.4, -0.2) is 54.1 Å². The largest absolute Gasteiger partial charge is 0.507 e. The van der Waals surface area contributed by atoms with Crippen molar-refractivity contribution < 1.29 is 24.2 Å². The van der Waals surface area contributed by atoms with Crippen LogP contribution in [0, 0.1) is 13.8 Å². The SMILES string of the molecule is COCCCN1C(=O)C(=O)/C(=C(/O)c2ccc(OC)cc2C)C1c1c(C)[nH]c2ccccc12. The van der Waals surface area contributed by atoms with Gasteiger partial charge in [-0.3, -0.25) is 9.59 Å². The molecular weight excluding hydrogens is 420 g/mol. The van der Waals surface area contributed by atoms with E-state index in [1.165, 1.54) is 0 Å². The number of ether oxygens (including phenoxy) is 2. The maximum atomic E-state index is 13.3. The van der Waals surface area contributed by atoms with Crippen LogP contribution in [0.1, 0.15) is 34.8 Å². The van der Waals surface area contributed by atoms with Gasteiger partial charge in [0.1, 0.15) is 11.5 Å². The normalized spacial score (nSPS) is 17.8. The first-order chi connectivity index (χ1) is 15.9. The molecule has 3 aromatic rings. The minimum absolute atomic E-state index is 0.0959. The van der Waals surface area contributed by atoms with E-state index in [0.29, 0.717) is 30.9 Å². The Morgan fingerprint density at radius 2 is 1.88 bits per heavy atom. The number of rotatable bonds is 7. The summed E-state index contributed by atoms with van der Waals surface area (Å²) in [4.78, 5) is 31.3. The van der Waals surface area contributed by atoms with Crippen molar-refractivity contribution in [2.75, 3.05) is 27.4 Å². The second-order valence-electron chi connectivity index (χ2n) is 8.23. The van der Waals surface area contributed by atoms with E-state index in [4.69, 9.17) is 9.47 Å². The highest BCUT2D eigenvalue weighted by molar-refractivity contribution is 6.46. The average molecular weight is 449 g/mol. The number of para-hydroxylation sites is 1. The Labute approximate surface area is 192 Å². The van der Waals surface area contributed by atoms with Gasteiger partial charge in [0, 0.05) is 48.0 Å². The Morgan fingerprint density at radius 1 is 1.12 bits per heavy atom. The maximum absolute atomic E-state index is 13.3. The van der Waals surface area contributed by atoms with Gasteiger partial charge in [0.25, 0.3) is 11.7 Å². The number of aliphatic hydroxyl groups excluding tert-OH is 1. The zero-order valence-corrected chi connectivity index (χ0v) is 19.3. The lowest BCUT2D eigenvalue weighted by molar-refractivity contribution is -0.140. The second-order valence-corrected chi connectivity index (χ2v) is 8.23. The molecule has 2 heterocycles. The van der Waals surface area contributed by atoms with Crippen LogP contribution < -0.4 is 4.74 Å². The van der Waals surface area contributed by atoms with Crippen LogP contribution in [-0.2, 0) is 14.3 Å². The van der Waals surface area contributed by atoms with Crippen molar-refractivity contribution in [2.24, 2.45) is 0 Å². The van der Waals surface area contributed by atoms with Gasteiger partial charge in [-0.1, -0.05) is 18.2 Å². The van der Waals surface area contributed by atoms with Gasteiger partial charge in [0.15, 0.2) is 0 Å². The highest BCUT2D eigenvalue weighted by Crippen LogP contribution is 2.43. The number of amides is 1. The summed E-state index contributed by atoms with van der Waals surface area (Å²) in [6, 6.07) is 12.3. The molecule has 1 saturated heterocycles. The molecule has 7 heteroatoms. The lowest BCUT2D eigenvalue weighted by Crippen LogP contribution is -2.31. The Balaban J connectivity index is 1.94. The van der Waals surface area contributed by atoms with Gasteiger partial charge in [0.05, 0.1) is 18.7 Å². The molecule has 2 N–H and O–H groups in total. The summed E-state index contributed by atoms with van der Waals surface area (Å²) < 4.78 is 10.4. The number of carbonyl (C=O) groups excluding carboxylic acids is 2. The minimum Gasteiger partial charge on any atom is -0.507 e. The van der Waals surface area contributed by atoms with Crippen LogP contribution >= 0.6 is 0 Å². The lowest BCUT2D eigenvalue weighted by atomic mass is 9.92. The molecule has 33 heavy (non-hydrogen) atoms. The number of aliphatic hydroxyl groups is 1. The number of aromatic amines is 1. The number of hydrogen-bond acceptors (Lipinski definition) is 5. The third-order valence-electron chi connectivity index (χ3n) is 6.19. The molecule has 1 fully saturated rings. The number of benzene rings is 2. The smallest absolute Gasteiger partial charge is 0.295 e. The van der Waals surface area contributed by atoms with E-state index in [-0.39, 0.29) is 11.3 Å². The molecule has 0 aliphatic carbocycles. The van der Waals surface area contributed by atoms with Crippen molar-refractivity contribution in [3.63, 3.8) is 0 Å². The topological polar surface area (TPSA) is 91.9 Å². The summed E-state index contributed by atoms with van der Waals surface area (Å²) in [6.07, 6.45) is 0.572. The molecule has 0 saturated carbocycles. The molecule has 4 rings (SSSR count). The molecule has 1 unspecified atom stereocenters. The standard InChI is InChI=1S/C26H28N2O5/c1-15-14-17(33-4)10-11-18(15)24(29)22-23(28(12-7-13-32-3)26(31)25(22)30)21-16(2)27-20-9-6-5-8-19(20)21/h5-6,8-11,14,23,27,29H,7,12-13H2,1-4H3/b24-22+. The van der Waals surface area contributed by atoms with E-state index in [1.54, 1.807) is 37.3 Å². The van der Waals surface area contributed by atoms with Crippen molar-refractivity contribution in [3.8, 4) is 5.75 Å². The predicted molar refractivity (Wildman–Crippen MR) is 126 cm³/mol. The molecule has 1 atom stereocenters. The van der Waals surface area contributed by atoms with Crippen molar-refractivity contribution >= 4 is 28.4 Å². The third kappa shape index (κ3) is 3.89. The number of methoxy groups -OCH3 is 2. The number of nitrogens with zero attached hydrogens (tertiary/aromatic N) is 1. The van der Waals surface area contributed by atoms with E-state index in [9.17, 15) is 14.7 Å². The van der Waals surface area contributed by atoms with Crippen molar-refractivity contribution in [3.05, 3.63) is 70.4 Å². The second kappa shape index (κ2) is 9.11. The molecule has 0 bridgehead atoms. The zero-order valence-electron chi connectivity index (χ0n) is 19.3. The highest BCUT2D eigenvalue weighted by atomic mass is 16.5. The third-order valence-corrected chi connectivity index (χ3v) is 6.19. The fourth-order valence-corrected chi connectivity index (χ4v) is 4.61. The quantitative estimate of drug-likeness (QED) is 0.244. The van der Waals surface area contributed by atoms with Gasteiger partial charge >= 0.3 is 0 Å². The van der Waals surface area contributed by atoms with Gasteiger partial charge in [-0.15, -0.1) is 0 Å². The van der Waals surface area contributed by atoms with Gasteiger partial charge in [-0.2, -0.15) is 0 Å². The number of carbonyl (C=O) groups is 2. The molecule has 1 amide bonds. The van der Waals surface area contributed by atoms with Gasteiger partial charge < -0.3 is 24.5 Å². The summed E-state index contributed by atoms with van der Waals surface area (Å²) in [5.74, 6) is -0.839. The number of fused-ring (bicyclic) bond motifs is 1. The van der Waals surface area contributed by atoms with Crippen LogP contribution in [0.4, 0.5) is 0 Å². The van der Waals surface area contributed by atoms with Gasteiger partial charge in [-0.25, -0.2) is 0 Å².